The van der Waals surface area contributed by atoms with Crippen LogP contribution in [0.1, 0.15) is 66.7 Å². The summed E-state index contributed by atoms with van der Waals surface area (Å²) in [6.45, 7) is 11.7. The normalized spacial score (nSPS) is 19.0. The number of rotatable bonds is 6. The number of amides is 1. The van der Waals surface area contributed by atoms with Crippen LogP contribution in [-0.4, -0.2) is 41.4 Å². The third-order valence-corrected chi connectivity index (χ3v) is 6.57. The van der Waals surface area contributed by atoms with Crippen LogP contribution in [0.2, 0.25) is 10.0 Å². The van der Waals surface area contributed by atoms with Crippen molar-refractivity contribution in [3.63, 3.8) is 0 Å². The van der Waals surface area contributed by atoms with Crippen molar-refractivity contribution in [1.29, 1.82) is 0 Å². The molecule has 0 aromatic heterocycles. The summed E-state index contributed by atoms with van der Waals surface area (Å²) in [7, 11) is 0. The van der Waals surface area contributed by atoms with Gasteiger partial charge in [-0.1, -0.05) is 37.0 Å². The zero-order valence-electron chi connectivity index (χ0n) is 18.5. The summed E-state index contributed by atoms with van der Waals surface area (Å²) >= 11 is 12.4. The van der Waals surface area contributed by atoms with E-state index in [0.29, 0.717) is 22.6 Å². The van der Waals surface area contributed by atoms with Gasteiger partial charge < -0.3 is 5.73 Å². The maximum atomic E-state index is 14.4. The molecule has 2 N–H and O–H groups in total. The Morgan fingerprint density at radius 3 is 2.32 bits per heavy atom. The summed E-state index contributed by atoms with van der Waals surface area (Å²) in [5.74, 6) is -1.12. The number of primary amides is 1. The molecule has 2 aromatic rings. The number of hydrogen-bond acceptors (Lipinski definition) is 3. The summed E-state index contributed by atoms with van der Waals surface area (Å²) in [5, 5.41) is 1.28. The first-order valence-electron chi connectivity index (χ1n) is 10.6. The zero-order valence-corrected chi connectivity index (χ0v) is 20.0. The molecule has 1 aliphatic heterocycles. The highest BCUT2D eigenvalue weighted by molar-refractivity contribution is 6.34. The van der Waals surface area contributed by atoms with E-state index in [-0.39, 0.29) is 17.5 Å². The number of nitrogens with two attached hydrogens (primary N) is 1. The zero-order chi connectivity index (χ0) is 22.9. The minimum Gasteiger partial charge on any atom is -0.366 e. The molecule has 1 fully saturated rings. The van der Waals surface area contributed by atoms with Crippen LogP contribution in [0, 0.1) is 5.82 Å². The van der Waals surface area contributed by atoms with Crippen molar-refractivity contribution in [2.24, 2.45) is 5.73 Å². The fourth-order valence-corrected chi connectivity index (χ4v) is 5.05. The molecule has 0 saturated carbocycles. The monoisotopic (exact) mass is 465 g/mol. The van der Waals surface area contributed by atoms with Gasteiger partial charge in [0.05, 0.1) is 5.56 Å². The minimum atomic E-state index is -0.733. The van der Waals surface area contributed by atoms with Crippen molar-refractivity contribution >= 4 is 29.1 Å². The molecule has 0 spiro atoms. The van der Waals surface area contributed by atoms with Crippen LogP contribution in [0.15, 0.2) is 30.3 Å². The Morgan fingerprint density at radius 1 is 1.13 bits per heavy atom. The number of benzene rings is 2. The van der Waals surface area contributed by atoms with E-state index in [4.69, 9.17) is 28.9 Å². The fraction of sp³-hybridized carbons (Fsp3) is 0.458. The van der Waals surface area contributed by atoms with E-state index >= 15 is 0 Å². The lowest BCUT2D eigenvalue weighted by molar-refractivity contribution is 0.0503. The largest absolute Gasteiger partial charge is 0.366 e. The molecular weight excluding hydrogens is 436 g/mol. The van der Waals surface area contributed by atoms with Crippen LogP contribution >= 0.6 is 23.2 Å². The van der Waals surface area contributed by atoms with E-state index in [1.807, 2.05) is 26.0 Å². The Bertz CT molecular complexity index is 946. The standard InChI is InChI=1S/C24H30Cl2FN3O/c1-14(2)21-11-22(24(28)31)23(27)9-18(21)13-29-5-6-30(15(3)12-29)16(4)17-7-19(25)10-20(26)8-17/h7-11,14-16H,5-6,12-13H2,1-4H3,(H2,28,31). The van der Waals surface area contributed by atoms with Gasteiger partial charge in [0.15, 0.2) is 0 Å². The van der Waals surface area contributed by atoms with Crippen molar-refractivity contribution in [1.82, 2.24) is 9.80 Å². The smallest absolute Gasteiger partial charge is 0.251 e. The number of halogens is 3. The third-order valence-electron chi connectivity index (χ3n) is 6.14. The van der Waals surface area contributed by atoms with E-state index in [2.05, 4.69) is 23.6 Å². The van der Waals surface area contributed by atoms with Crippen LogP contribution in [0.5, 0.6) is 0 Å². The molecule has 2 aromatic carbocycles. The van der Waals surface area contributed by atoms with Gasteiger partial charge in [-0.05, 0) is 66.8 Å². The molecule has 1 amide bonds. The predicted octanol–water partition coefficient (Wildman–Crippen LogP) is 5.62. The van der Waals surface area contributed by atoms with Crippen molar-refractivity contribution in [2.75, 3.05) is 19.6 Å². The highest BCUT2D eigenvalue weighted by Gasteiger charge is 2.29. The Hall–Kier alpha value is -1.66. The Morgan fingerprint density at radius 2 is 1.77 bits per heavy atom. The lowest BCUT2D eigenvalue weighted by Crippen LogP contribution is -2.52. The second kappa shape index (κ2) is 9.86. The average molecular weight is 466 g/mol. The van der Waals surface area contributed by atoms with Gasteiger partial charge in [0.25, 0.3) is 5.91 Å². The molecule has 2 atom stereocenters. The molecule has 1 heterocycles. The molecule has 0 aliphatic carbocycles. The van der Waals surface area contributed by atoms with Gasteiger partial charge in [0, 0.05) is 48.3 Å². The number of nitrogens with zero attached hydrogens (tertiary/aromatic N) is 2. The van der Waals surface area contributed by atoms with Gasteiger partial charge in [-0.15, -0.1) is 0 Å². The maximum absolute atomic E-state index is 14.4. The molecule has 2 unspecified atom stereocenters. The van der Waals surface area contributed by atoms with Crippen LogP contribution in [0.4, 0.5) is 4.39 Å². The lowest BCUT2D eigenvalue weighted by Gasteiger charge is -2.43. The van der Waals surface area contributed by atoms with E-state index in [0.717, 1.165) is 36.3 Å². The highest BCUT2D eigenvalue weighted by Crippen LogP contribution is 2.31. The number of carbonyl (C=O) groups excluding carboxylic acids is 1. The van der Waals surface area contributed by atoms with Crippen molar-refractivity contribution in [3.8, 4) is 0 Å². The minimum absolute atomic E-state index is 0.0420. The van der Waals surface area contributed by atoms with Gasteiger partial charge in [-0.3, -0.25) is 14.6 Å². The van der Waals surface area contributed by atoms with E-state index in [1.165, 1.54) is 6.07 Å². The number of hydrogen-bond donors (Lipinski definition) is 1. The lowest BCUT2D eigenvalue weighted by atomic mass is 9.93. The molecular formula is C24H30Cl2FN3O. The van der Waals surface area contributed by atoms with Gasteiger partial charge in [-0.25, -0.2) is 4.39 Å². The first-order valence-corrected chi connectivity index (χ1v) is 11.4. The average Bonchev–Trinajstić information content (AvgIpc) is 2.66. The third kappa shape index (κ3) is 5.58. The van der Waals surface area contributed by atoms with Crippen LogP contribution in [-0.2, 0) is 6.54 Å². The Kier molecular flexibility index (Phi) is 7.63. The molecule has 7 heteroatoms. The summed E-state index contributed by atoms with van der Waals surface area (Å²) in [5.41, 5.74) is 8.27. The van der Waals surface area contributed by atoms with Crippen molar-refractivity contribution < 1.29 is 9.18 Å². The van der Waals surface area contributed by atoms with Gasteiger partial charge in [0.1, 0.15) is 5.82 Å². The second-order valence-electron chi connectivity index (χ2n) is 8.75. The molecule has 168 valence electrons. The predicted molar refractivity (Wildman–Crippen MR) is 125 cm³/mol. The van der Waals surface area contributed by atoms with Crippen molar-refractivity contribution in [3.05, 3.63) is 68.4 Å². The molecule has 0 bridgehead atoms. The summed E-state index contributed by atoms with van der Waals surface area (Å²) < 4.78 is 14.4. The summed E-state index contributed by atoms with van der Waals surface area (Å²) in [6, 6.07) is 9.26. The number of carbonyl (C=O) groups is 1. The molecule has 0 radical (unpaired) electrons. The molecule has 1 aliphatic rings. The quantitative estimate of drug-likeness (QED) is 0.601. The van der Waals surface area contributed by atoms with Gasteiger partial charge in [-0.2, -0.15) is 0 Å². The maximum Gasteiger partial charge on any atom is 0.251 e. The van der Waals surface area contributed by atoms with Gasteiger partial charge >= 0.3 is 0 Å². The Balaban J connectivity index is 1.74. The SMILES string of the molecule is CC(C)c1cc(C(N)=O)c(F)cc1CN1CCN(C(C)c2cc(Cl)cc(Cl)c2)C(C)C1. The second-order valence-corrected chi connectivity index (χ2v) is 9.62. The van der Waals surface area contributed by atoms with E-state index in [1.54, 1.807) is 12.1 Å². The van der Waals surface area contributed by atoms with Crippen LogP contribution < -0.4 is 5.73 Å². The first kappa shape index (κ1) is 24.0. The first-order chi connectivity index (χ1) is 14.6. The highest BCUT2D eigenvalue weighted by atomic mass is 35.5. The molecule has 4 nitrogen and oxygen atoms in total. The summed E-state index contributed by atoms with van der Waals surface area (Å²) in [6.07, 6.45) is 0. The Labute approximate surface area is 194 Å². The van der Waals surface area contributed by atoms with E-state index < -0.39 is 11.7 Å². The fourth-order valence-electron chi connectivity index (χ4n) is 4.51. The van der Waals surface area contributed by atoms with Crippen molar-refractivity contribution in [2.45, 2.75) is 52.2 Å². The molecule has 31 heavy (non-hydrogen) atoms. The molecule has 1 saturated heterocycles. The topological polar surface area (TPSA) is 49.6 Å². The summed E-state index contributed by atoms with van der Waals surface area (Å²) in [4.78, 5) is 16.3. The van der Waals surface area contributed by atoms with E-state index in [9.17, 15) is 9.18 Å². The van der Waals surface area contributed by atoms with Crippen LogP contribution in [0.25, 0.3) is 0 Å². The van der Waals surface area contributed by atoms with Crippen LogP contribution in [0.3, 0.4) is 0 Å². The van der Waals surface area contributed by atoms with Gasteiger partial charge in [0.2, 0.25) is 0 Å². The number of piperazine rings is 1. The molecule has 3 rings (SSSR count).